The summed E-state index contributed by atoms with van der Waals surface area (Å²) in [6.45, 7) is 0. The zero-order valence-corrected chi connectivity index (χ0v) is 11.2. The molecule has 94 valence electrons. The highest BCUT2D eigenvalue weighted by Crippen LogP contribution is 2.26. The topological polar surface area (TPSA) is 63.9 Å². The maximum absolute atomic E-state index is 10.6. The van der Waals surface area contributed by atoms with E-state index in [0.29, 0.717) is 15.5 Å². The average Bonchev–Trinajstić information content (AvgIpc) is 2.81. The molecule has 1 aromatic carbocycles. The number of nitrogens with zero attached hydrogens (tertiary/aromatic N) is 1. The summed E-state index contributed by atoms with van der Waals surface area (Å²) in [5, 5.41) is 19.8. The molecule has 0 saturated heterocycles. The average molecular weight is 289 g/mol. The quantitative estimate of drug-likeness (QED) is 0.816. The number of hydrogen-bond acceptors (Lipinski definition) is 4. The van der Waals surface area contributed by atoms with Crippen molar-refractivity contribution in [2.45, 2.75) is 0 Å². The van der Waals surface area contributed by atoms with Gasteiger partial charge in [0.05, 0.1) is 21.9 Å². The molecular weight excluding hydrogens is 282 g/mol. The first-order chi connectivity index (χ1) is 9.10. The molecule has 0 atom stereocenters. The predicted octanol–water partition coefficient (Wildman–Crippen LogP) is 2.83. The highest BCUT2D eigenvalue weighted by molar-refractivity contribution is 7.17. The lowest BCUT2D eigenvalue weighted by atomic mass is 10.0. The van der Waals surface area contributed by atoms with Crippen molar-refractivity contribution in [3.05, 3.63) is 56.7 Å². The van der Waals surface area contributed by atoms with Gasteiger partial charge in [-0.05, 0) is 29.3 Å². The number of rotatable bonds is 3. The number of hydrogen-bond donors (Lipinski definition) is 0. The van der Waals surface area contributed by atoms with Gasteiger partial charge >= 0.3 is 0 Å². The summed E-state index contributed by atoms with van der Waals surface area (Å²) >= 11 is 7.19. The zero-order chi connectivity index (χ0) is 13.8. The number of carbonyl (C=O) groups excluding carboxylic acids is 1. The molecule has 0 aliphatic carbocycles. The van der Waals surface area contributed by atoms with Crippen molar-refractivity contribution in [2.24, 2.45) is 0 Å². The van der Waals surface area contributed by atoms with Crippen LogP contribution in [0.2, 0.25) is 4.34 Å². The maximum Gasteiger partial charge on any atom is 0.0998 e. The Balaban J connectivity index is 2.35. The Bertz CT molecular complexity index is 680. The van der Waals surface area contributed by atoms with Crippen molar-refractivity contribution >= 4 is 40.6 Å². The number of thiophene rings is 1. The van der Waals surface area contributed by atoms with Gasteiger partial charge in [0.15, 0.2) is 0 Å². The highest BCUT2D eigenvalue weighted by atomic mass is 35.5. The molecule has 0 fully saturated rings. The first kappa shape index (κ1) is 13.3. The SMILES string of the molecule is N#C/C(=C/c1ccc(Cl)s1)c1ccc(C(=O)[O-])cc1. The van der Waals surface area contributed by atoms with E-state index in [1.165, 1.54) is 23.5 Å². The summed E-state index contributed by atoms with van der Waals surface area (Å²) in [5.41, 5.74) is 1.18. The van der Waals surface area contributed by atoms with Crippen molar-refractivity contribution in [2.75, 3.05) is 0 Å². The molecule has 0 spiro atoms. The van der Waals surface area contributed by atoms with E-state index in [1.54, 1.807) is 24.3 Å². The molecule has 1 heterocycles. The minimum Gasteiger partial charge on any atom is -0.545 e. The number of aromatic carboxylic acids is 1. The molecule has 0 amide bonds. The van der Waals surface area contributed by atoms with E-state index < -0.39 is 5.97 Å². The van der Waals surface area contributed by atoms with Gasteiger partial charge in [-0.3, -0.25) is 0 Å². The second-order valence-corrected chi connectivity index (χ2v) is 5.42. The lowest BCUT2D eigenvalue weighted by molar-refractivity contribution is -0.255. The molecular formula is C14H7ClNO2S-. The molecule has 5 heteroatoms. The number of carboxylic acids is 1. The van der Waals surface area contributed by atoms with E-state index in [2.05, 4.69) is 6.07 Å². The molecule has 3 nitrogen and oxygen atoms in total. The standard InChI is InChI=1S/C14H8ClNO2S/c15-13-6-5-12(19-13)7-11(8-16)9-1-3-10(4-2-9)14(17)18/h1-7H,(H,17,18)/p-1/b11-7-. The van der Waals surface area contributed by atoms with Crippen LogP contribution >= 0.6 is 22.9 Å². The minimum atomic E-state index is -1.24. The third-order valence-electron chi connectivity index (χ3n) is 2.43. The van der Waals surface area contributed by atoms with Gasteiger partial charge in [-0.15, -0.1) is 11.3 Å². The Morgan fingerprint density at radius 3 is 2.32 bits per heavy atom. The van der Waals surface area contributed by atoms with Gasteiger partial charge in [-0.1, -0.05) is 35.9 Å². The number of allylic oxidation sites excluding steroid dienone is 1. The summed E-state index contributed by atoms with van der Waals surface area (Å²) in [7, 11) is 0. The number of benzene rings is 1. The van der Waals surface area contributed by atoms with Gasteiger partial charge in [0.1, 0.15) is 0 Å². The predicted molar refractivity (Wildman–Crippen MR) is 73.6 cm³/mol. The maximum atomic E-state index is 10.6. The fourth-order valence-electron chi connectivity index (χ4n) is 1.51. The van der Waals surface area contributed by atoms with Crippen LogP contribution in [-0.4, -0.2) is 5.97 Å². The van der Waals surface area contributed by atoms with E-state index in [-0.39, 0.29) is 5.56 Å². The van der Waals surface area contributed by atoms with Crippen molar-refractivity contribution < 1.29 is 9.90 Å². The summed E-state index contributed by atoms with van der Waals surface area (Å²) in [6.07, 6.45) is 1.71. The van der Waals surface area contributed by atoms with Crippen molar-refractivity contribution in [3.63, 3.8) is 0 Å². The zero-order valence-electron chi connectivity index (χ0n) is 9.59. The molecule has 1 aromatic heterocycles. The normalized spacial score (nSPS) is 11.1. The van der Waals surface area contributed by atoms with E-state index in [1.807, 2.05) is 6.07 Å². The van der Waals surface area contributed by atoms with Crippen LogP contribution in [0, 0.1) is 11.3 Å². The smallest absolute Gasteiger partial charge is 0.0998 e. The van der Waals surface area contributed by atoms with Crippen molar-refractivity contribution in [1.82, 2.24) is 0 Å². The lowest BCUT2D eigenvalue weighted by Gasteiger charge is -2.03. The third-order valence-corrected chi connectivity index (χ3v) is 3.61. The fraction of sp³-hybridized carbons (Fsp3) is 0. The molecule has 19 heavy (non-hydrogen) atoms. The molecule has 0 N–H and O–H groups in total. The molecule has 0 bridgehead atoms. The van der Waals surface area contributed by atoms with Gasteiger partial charge in [0.25, 0.3) is 0 Å². The van der Waals surface area contributed by atoms with E-state index in [0.717, 1.165) is 4.88 Å². The molecule has 0 radical (unpaired) electrons. The Labute approximate surface area is 119 Å². The second-order valence-electron chi connectivity index (χ2n) is 3.68. The summed E-state index contributed by atoms with van der Waals surface area (Å²) in [6, 6.07) is 11.6. The van der Waals surface area contributed by atoms with E-state index in [9.17, 15) is 9.90 Å². The monoisotopic (exact) mass is 288 g/mol. The van der Waals surface area contributed by atoms with Crippen LogP contribution in [0.15, 0.2) is 36.4 Å². The van der Waals surface area contributed by atoms with Crippen LogP contribution in [0.3, 0.4) is 0 Å². The van der Waals surface area contributed by atoms with Crippen LogP contribution in [-0.2, 0) is 0 Å². The molecule has 0 aliphatic rings. The first-order valence-electron chi connectivity index (χ1n) is 5.29. The summed E-state index contributed by atoms with van der Waals surface area (Å²) in [5.74, 6) is -1.24. The number of carboxylic acid groups (broad SMARTS) is 1. The minimum absolute atomic E-state index is 0.0835. The largest absolute Gasteiger partial charge is 0.545 e. The highest BCUT2D eigenvalue weighted by Gasteiger charge is 2.03. The number of halogens is 1. The Morgan fingerprint density at radius 2 is 1.84 bits per heavy atom. The van der Waals surface area contributed by atoms with Gasteiger partial charge in [-0.2, -0.15) is 5.26 Å². The third kappa shape index (κ3) is 3.22. The molecule has 0 aliphatic heterocycles. The Morgan fingerprint density at radius 1 is 1.21 bits per heavy atom. The lowest BCUT2D eigenvalue weighted by Crippen LogP contribution is -2.21. The molecule has 0 unspecified atom stereocenters. The molecule has 0 saturated carbocycles. The van der Waals surface area contributed by atoms with Crippen LogP contribution in [0.5, 0.6) is 0 Å². The molecule has 2 rings (SSSR count). The fourth-order valence-corrected chi connectivity index (χ4v) is 2.52. The van der Waals surface area contributed by atoms with E-state index >= 15 is 0 Å². The van der Waals surface area contributed by atoms with Gasteiger partial charge < -0.3 is 9.90 Å². The van der Waals surface area contributed by atoms with Crippen molar-refractivity contribution in [1.29, 1.82) is 5.26 Å². The van der Waals surface area contributed by atoms with Gasteiger partial charge in [-0.25, -0.2) is 0 Å². The van der Waals surface area contributed by atoms with Crippen molar-refractivity contribution in [3.8, 4) is 6.07 Å². The Kier molecular flexibility index (Phi) is 4.00. The van der Waals surface area contributed by atoms with Crippen LogP contribution in [0.4, 0.5) is 0 Å². The molecule has 2 aromatic rings. The van der Waals surface area contributed by atoms with Crippen LogP contribution in [0.1, 0.15) is 20.8 Å². The summed E-state index contributed by atoms with van der Waals surface area (Å²) < 4.78 is 0.649. The number of carbonyl (C=O) groups is 1. The second kappa shape index (κ2) is 5.70. The summed E-state index contributed by atoms with van der Waals surface area (Å²) in [4.78, 5) is 11.5. The van der Waals surface area contributed by atoms with E-state index in [4.69, 9.17) is 16.9 Å². The van der Waals surface area contributed by atoms with Gasteiger partial charge in [0, 0.05) is 4.88 Å². The van der Waals surface area contributed by atoms with Crippen LogP contribution in [0.25, 0.3) is 11.6 Å². The first-order valence-corrected chi connectivity index (χ1v) is 6.48. The van der Waals surface area contributed by atoms with Crippen LogP contribution < -0.4 is 5.11 Å². The Hall–Kier alpha value is -2.09. The number of nitriles is 1. The van der Waals surface area contributed by atoms with Gasteiger partial charge in [0.2, 0.25) is 0 Å².